The SMILES string of the molecule is CNC(=O)c1ccc(NC(=O)[C@@H]2CC[C@H](C(=O)O)C2)cc1. The van der Waals surface area contributed by atoms with E-state index in [2.05, 4.69) is 10.6 Å². The third-order valence-electron chi connectivity index (χ3n) is 3.79. The number of carbonyl (C=O) groups excluding carboxylic acids is 2. The fourth-order valence-electron chi connectivity index (χ4n) is 2.54. The van der Waals surface area contributed by atoms with Crippen LogP contribution in [0.15, 0.2) is 24.3 Å². The van der Waals surface area contributed by atoms with E-state index in [4.69, 9.17) is 5.11 Å². The van der Waals surface area contributed by atoms with Gasteiger partial charge < -0.3 is 15.7 Å². The Morgan fingerprint density at radius 1 is 1.10 bits per heavy atom. The number of benzene rings is 1. The highest BCUT2D eigenvalue weighted by atomic mass is 16.4. The van der Waals surface area contributed by atoms with Gasteiger partial charge in [-0.3, -0.25) is 14.4 Å². The Labute approximate surface area is 122 Å². The largest absolute Gasteiger partial charge is 0.481 e. The normalized spacial score (nSPS) is 20.8. The summed E-state index contributed by atoms with van der Waals surface area (Å²) in [5.41, 5.74) is 1.12. The molecule has 0 aromatic heterocycles. The van der Waals surface area contributed by atoms with Crippen LogP contribution in [0.3, 0.4) is 0 Å². The molecule has 1 aromatic carbocycles. The molecule has 1 aliphatic rings. The van der Waals surface area contributed by atoms with Gasteiger partial charge in [0.2, 0.25) is 5.91 Å². The molecule has 1 fully saturated rings. The number of hydrogen-bond acceptors (Lipinski definition) is 3. The van der Waals surface area contributed by atoms with E-state index in [0.717, 1.165) is 0 Å². The second-order valence-corrected chi connectivity index (χ2v) is 5.19. The van der Waals surface area contributed by atoms with Crippen molar-refractivity contribution in [3.05, 3.63) is 29.8 Å². The van der Waals surface area contributed by atoms with Crippen LogP contribution in [0.5, 0.6) is 0 Å². The van der Waals surface area contributed by atoms with Crippen molar-refractivity contribution >= 4 is 23.5 Å². The van der Waals surface area contributed by atoms with Gasteiger partial charge in [-0.05, 0) is 43.5 Å². The molecule has 1 aliphatic carbocycles. The zero-order valence-electron chi connectivity index (χ0n) is 11.8. The number of hydrogen-bond donors (Lipinski definition) is 3. The van der Waals surface area contributed by atoms with Crippen LogP contribution in [0.1, 0.15) is 29.6 Å². The molecular weight excluding hydrogens is 272 g/mol. The van der Waals surface area contributed by atoms with Gasteiger partial charge in [-0.1, -0.05) is 0 Å². The fourth-order valence-corrected chi connectivity index (χ4v) is 2.54. The maximum Gasteiger partial charge on any atom is 0.306 e. The molecular formula is C15H18N2O4. The molecule has 0 heterocycles. The molecule has 0 spiro atoms. The van der Waals surface area contributed by atoms with Crippen LogP contribution < -0.4 is 10.6 Å². The number of carboxylic acid groups (broad SMARTS) is 1. The minimum absolute atomic E-state index is 0.161. The van der Waals surface area contributed by atoms with Gasteiger partial charge in [0.15, 0.2) is 0 Å². The molecule has 0 saturated heterocycles. The highest BCUT2D eigenvalue weighted by molar-refractivity contribution is 5.96. The summed E-state index contributed by atoms with van der Waals surface area (Å²) >= 11 is 0. The minimum atomic E-state index is -0.833. The Kier molecular flexibility index (Phi) is 4.57. The summed E-state index contributed by atoms with van der Waals surface area (Å²) in [5, 5.41) is 14.2. The predicted molar refractivity (Wildman–Crippen MR) is 76.9 cm³/mol. The van der Waals surface area contributed by atoms with E-state index in [1.807, 2.05) is 0 Å². The van der Waals surface area contributed by atoms with Gasteiger partial charge >= 0.3 is 5.97 Å². The third-order valence-corrected chi connectivity index (χ3v) is 3.79. The quantitative estimate of drug-likeness (QED) is 0.782. The summed E-state index contributed by atoms with van der Waals surface area (Å²) in [7, 11) is 1.55. The first-order valence-corrected chi connectivity index (χ1v) is 6.87. The highest BCUT2D eigenvalue weighted by Crippen LogP contribution is 2.31. The Morgan fingerprint density at radius 3 is 2.24 bits per heavy atom. The zero-order valence-corrected chi connectivity index (χ0v) is 11.8. The number of carboxylic acids is 1. The molecule has 0 aliphatic heterocycles. The average molecular weight is 290 g/mol. The molecule has 3 N–H and O–H groups in total. The monoisotopic (exact) mass is 290 g/mol. The zero-order chi connectivity index (χ0) is 15.4. The molecule has 6 heteroatoms. The second-order valence-electron chi connectivity index (χ2n) is 5.19. The van der Waals surface area contributed by atoms with Gasteiger partial charge in [0, 0.05) is 24.2 Å². The van der Waals surface area contributed by atoms with Gasteiger partial charge in [0.1, 0.15) is 0 Å². The lowest BCUT2D eigenvalue weighted by molar-refractivity contribution is -0.141. The lowest BCUT2D eigenvalue weighted by Crippen LogP contribution is -2.22. The number of carbonyl (C=O) groups is 3. The molecule has 2 atom stereocenters. The summed E-state index contributed by atoms with van der Waals surface area (Å²) in [6.45, 7) is 0. The van der Waals surface area contributed by atoms with E-state index in [-0.39, 0.29) is 17.7 Å². The van der Waals surface area contributed by atoms with Crippen molar-refractivity contribution in [1.29, 1.82) is 0 Å². The van der Waals surface area contributed by atoms with Crippen LogP contribution in [0.4, 0.5) is 5.69 Å². The topological polar surface area (TPSA) is 95.5 Å². The van der Waals surface area contributed by atoms with Crippen LogP contribution >= 0.6 is 0 Å². The molecule has 6 nitrogen and oxygen atoms in total. The molecule has 0 bridgehead atoms. The van der Waals surface area contributed by atoms with Gasteiger partial charge in [-0.2, -0.15) is 0 Å². The molecule has 21 heavy (non-hydrogen) atoms. The van der Waals surface area contributed by atoms with Crippen molar-refractivity contribution in [3.8, 4) is 0 Å². The van der Waals surface area contributed by atoms with Crippen LogP contribution in [0, 0.1) is 11.8 Å². The highest BCUT2D eigenvalue weighted by Gasteiger charge is 2.33. The summed E-state index contributed by atoms with van der Waals surface area (Å²) in [6, 6.07) is 6.57. The number of nitrogens with one attached hydrogen (secondary N) is 2. The van der Waals surface area contributed by atoms with Crippen LogP contribution in [0.2, 0.25) is 0 Å². The minimum Gasteiger partial charge on any atom is -0.481 e. The standard InChI is InChI=1S/C15H18N2O4/c1-16-13(18)9-4-6-12(7-5-9)17-14(19)10-2-3-11(8-10)15(20)21/h4-7,10-11H,2-3,8H2,1H3,(H,16,18)(H,17,19)(H,20,21)/t10-,11+/m1/s1. The van der Waals surface area contributed by atoms with Crippen molar-refractivity contribution in [2.45, 2.75) is 19.3 Å². The van der Waals surface area contributed by atoms with Crippen molar-refractivity contribution in [2.24, 2.45) is 11.8 Å². The molecule has 2 amide bonds. The maximum atomic E-state index is 12.1. The second kappa shape index (κ2) is 6.39. The van der Waals surface area contributed by atoms with E-state index in [1.165, 1.54) is 0 Å². The van der Waals surface area contributed by atoms with Gasteiger partial charge in [-0.15, -0.1) is 0 Å². The van der Waals surface area contributed by atoms with Crippen molar-refractivity contribution < 1.29 is 19.5 Å². The van der Waals surface area contributed by atoms with Crippen molar-refractivity contribution in [2.75, 3.05) is 12.4 Å². The number of anilines is 1. The third kappa shape index (κ3) is 3.59. The van der Waals surface area contributed by atoms with Crippen molar-refractivity contribution in [1.82, 2.24) is 5.32 Å². The molecule has 0 radical (unpaired) electrons. The molecule has 1 saturated carbocycles. The Morgan fingerprint density at radius 2 is 1.71 bits per heavy atom. The first-order valence-electron chi connectivity index (χ1n) is 6.87. The predicted octanol–water partition coefficient (Wildman–Crippen LogP) is 1.49. The number of rotatable bonds is 4. The first kappa shape index (κ1) is 15.0. The Hall–Kier alpha value is -2.37. The fraction of sp³-hybridized carbons (Fsp3) is 0.400. The summed E-state index contributed by atoms with van der Waals surface area (Å²) in [6.07, 6.45) is 1.53. The van der Waals surface area contributed by atoms with E-state index >= 15 is 0 Å². The van der Waals surface area contributed by atoms with E-state index in [9.17, 15) is 14.4 Å². The summed E-state index contributed by atoms with van der Waals surface area (Å²) in [4.78, 5) is 34.4. The Bertz CT molecular complexity index is 553. The first-order chi connectivity index (χ1) is 10.0. The number of amides is 2. The van der Waals surface area contributed by atoms with Gasteiger partial charge in [0.05, 0.1) is 5.92 Å². The van der Waals surface area contributed by atoms with E-state index < -0.39 is 11.9 Å². The van der Waals surface area contributed by atoms with E-state index in [1.54, 1.807) is 31.3 Å². The Balaban J connectivity index is 1.94. The van der Waals surface area contributed by atoms with E-state index in [0.29, 0.717) is 30.5 Å². The molecule has 112 valence electrons. The molecule has 0 unspecified atom stereocenters. The summed E-state index contributed by atoms with van der Waals surface area (Å²) in [5.74, 6) is -1.86. The molecule has 1 aromatic rings. The van der Waals surface area contributed by atoms with Crippen LogP contribution in [-0.2, 0) is 9.59 Å². The van der Waals surface area contributed by atoms with Crippen molar-refractivity contribution in [3.63, 3.8) is 0 Å². The van der Waals surface area contributed by atoms with Crippen LogP contribution in [0.25, 0.3) is 0 Å². The lowest BCUT2D eigenvalue weighted by atomic mass is 10.0. The maximum absolute atomic E-state index is 12.1. The smallest absolute Gasteiger partial charge is 0.306 e. The van der Waals surface area contributed by atoms with Gasteiger partial charge in [-0.25, -0.2) is 0 Å². The molecule has 2 rings (SSSR count). The average Bonchev–Trinajstić information content (AvgIpc) is 2.97. The lowest BCUT2D eigenvalue weighted by Gasteiger charge is -2.11. The summed E-state index contributed by atoms with van der Waals surface area (Å²) < 4.78 is 0. The van der Waals surface area contributed by atoms with Crippen LogP contribution in [-0.4, -0.2) is 29.9 Å². The number of aliphatic carboxylic acids is 1. The van der Waals surface area contributed by atoms with Gasteiger partial charge in [0.25, 0.3) is 5.91 Å².